The van der Waals surface area contributed by atoms with Crippen LogP contribution < -0.4 is 0 Å². The topological polar surface area (TPSA) is 91.3 Å². The summed E-state index contributed by atoms with van der Waals surface area (Å²) in [5.74, 6) is -0.353. The lowest BCUT2D eigenvalue weighted by atomic mass is 10.1. The lowest BCUT2D eigenvalue weighted by molar-refractivity contribution is -0.870. The molecule has 0 saturated heterocycles. The third-order valence-electron chi connectivity index (χ3n) is 6.08. The molecule has 38 heavy (non-hydrogen) atoms. The van der Waals surface area contributed by atoms with Gasteiger partial charge in [0.05, 0.1) is 34.4 Å². The first-order valence-electron chi connectivity index (χ1n) is 14.9. The molecule has 0 aromatic carbocycles. The Bertz CT molecular complexity index is 637. The van der Waals surface area contributed by atoms with Gasteiger partial charge in [-0.05, 0) is 38.5 Å². The predicted molar refractivity (Wildman–Crippen MR) is 155 cm³/mol. The Hall–Kier alpha value is -0.760. The minimum Gasteiger partial charge on any atom is -0.457 e. The van der Waals surface area contributed by atoms with Crippen LogP contribution in [0, 0.1) is 0 Å². The molecule has 0 aromatic rings. The van der Waals surface area contributed by atoms with Crippen LogP contribution in [0.25, 0.3) is 0 Å². The molecule has 0 rings (SSSR count). The molecule has 0 aromatic heterocycles. The van der Waals surface area contributed by atoms with Crippen LogP contribution in [0.1, 0.15) is 110 Å². The molecule has 2 unspecified atom stereocenters. The molecule has 0 radical (unpaired) electrons. The van der Waals surface area contributed by atoms with Crippen LogP contribution in [0.2, 0.25) is 0 Å². The number of allylic oxidation sites excluding steroid dienone is 2. The summed E-state index contributed by atoms with van der Waals surface area (Å²) < 4.78 is 34.1. The smallest absolute Gasteiger partial charge is 0.457 e. The number of rotatable bonds is 27. The summed E-state index contributed by atoms with van der Waals surface area (Å²) in [5.41, 5.74) is 0. The Labute approximate surface area is 233 Å². The molecule has 226 valence electrons. The SMILES string of the molecule is CCCCCC/C=C\CCCCCCCCOCC(COP(=O)(O)OCC[N+](C)(C)C)OC(=O)CCCC. The molecule has 0 aliphatic heterocycles. The summed E-state index contributed by atoms with van der Waals surface area (Å²) in [4.78, 5) is 22.1. The van der Waals surface area contributed by atoms with Crippen molar-refractivity contribution < 1.29 is 37.3 Å². The first-order valence-corrected chi connectivity index (χ1v) is 16.4. The van der Waals surface area contributed by atoms with Crippen LogP contribution in [0.5, 0.6) is 0 Å². The van der Waals surface area contributed by atoms with Crippen LogP contribution >= 0.6 is 7.82 Å². The largest absolute Gasteiger partial charge is 0.472 e. The number of hydrogen-bond acceptors (Lipinski definition) is 6. The first kappa shape index (κ1) is 37.2. The monoisotopic (exact) mass is 564 g/mol. The number of nitrogens with zero attached hydrogens (tertiary/aromatic N) is 1. The molecule has 0 amide bonds. The lowest BCUT2D eigenvalue weighted by Crippen LogP contribution is -2.37. The Morgan fingerprint density at radius 2 is 1.37 bits per heavy atom. The van der Waals surface area contributed by atoms with E-state index < -0.39 is 13.9 Å². The highest BCUT2D eigenvalue weighted by atomic mass is 31.2. The van der Waals surface area contributed by atoms with E-state index in [4.69, 9.17) is 18.5 Å². The number of likely N-dealkylation sites (N-methyl/N-ethyl adjacent to an activating group) is 1. The fourth-order valence-corrected chi connectivity index (χ4v) is 4.38. The van der Waals surface area contributed by atoms with E-state index in [2.05, 4.69) is 19.1 Å². The number of unbranched alkanes of at least 4 members (excludes halogenated alkanes) is 11. The van der Waals surface area contributed by atoms with Gasteiger partial charge in [-0.15, -0.1) is 0 Å². The van der Waals surface area contributed by atoms with Crippen LogP contribution in [-0.4, -0.2) is 75.6 Å². The minimum atomic E-state index is -4.23. The molecule has 9 heteroatoms. The fraction of sp³-hybridized carbons (Fsp3) is 0.897. The van der Waals surface area contributed by atoms with Crippen molar-refractivity contribution in [1.29, 1.82) is 0 Å². The third kappa shape index (κ3) is 26.8. The minimum absolute atomic E-state index is 0.0879. The quantitative estimate of drug-likeness (QED) is 0.0371. The second kappa shape index (κ2) is 24.1. The molecule has 0 bridgehead atoms. The van der Waals surface area contributed by atoms with Crippen molar-refractivity contribution in [2.75, 3.05) is 54.1 Å². The molecular weight excluding hydrogens is 505 g/mol. The zero-order valence-corrected chi connectivity index (χ0v) is 26.1. The van der Waals surface area contributed by atoms with Crippen molar-refractivity contribution in [3.05, 3.63) is 12.2 Å². The Morgan fingerprint density at radius 1 is 0.789 bits per heavy atom. The van der Waals surface area contributed by atoms with E-state index in [0.29, 0.717) is 24.1 Å². The molecule has 0 aliphatic rings. The zero-order chi connectivity index (χ0) is 28.5. The second-order valence-electron chi connectivity index (χ2n) is 11.1. The zero-order valence-electron chi connectivity index (χ0n) is 25.2. The van der Waals surface area contributed by atoms with Crippen LogP contribution in [0.3, 0.4) is 0 Å². The van der Waals surface area contributed by atoms with Gasteiger partial charge in [0.1, 0.15) is 19.3 Å². The molecule has 0 fully saturated rings. The number of carbonyl (C=O) groups is 1. The van der Waals surface area contributed by atoms with Gasteiger partial charge < -0.3 is 18.9 Å². The van der Waals surface area contributed by atoms with Crippen LogP contribution in [0.15, 0.2) is 12.2 Å². The number of carbonyl (C=O) groups excluding carboxylic acids is 1. The Balaban J connectivity index is 4.09. The summed E-state index contributed by atoms with van der Waals surface area (Å²) in [6.45, 7) is 5.33. The number of hydrogen-bond donors (Lipinski definition) is 1. The van der Waals surface area contributed by atoms with Crippen molar-refractivity contribution >= 4 is 13.8 Å². The van der Waals surface area contributed by atoms with E-state index in [0.717, 1.165) is 25.7 Å². The molecular formula is C29H59NO7P+. The standard InChI is InChI=1S/C29H58NO7P/c1-6-8-10-11-12-13-14-15-16-17-18-19-20-21-24-34-26-28(37-29(31)22-9-7-2)27-36-38(32,33)35-25-23-30(3,4)5/h13-14,28H,6-12,15-27H2,1-5H3/p+1/b14-13-. The molecule has 0 saturated carbocycles. The van der Waals surface area contributed by atoms with E-state index in [-0.39, 0.29) is 25.8 Å². The Kier molecular flexibility index (Phi) is 23.6. The predicted octanol–water partition coefficient (Wildman–Crippen LogP) is 7.20. The highest BCUT2D eigenvalue weighted by Gasteiger charge is 2.26. The van der Waals surface area contributed by atoms with E-state index in [9.17, 15) is 14.3 Å². The van der Waals surface area contributed by atoms with E-state index in [1.54, 1.807) is 0 Å². The second-order valence-corrected chi connectivity index (χ2v) is 12.6. The first-order chi connectivity index (χ1) is 18.1. The number of phosphoric acid groups is 1. The van der Waals surface area contributed by atoms with Gasteiger partial charge in [-0.1, -0.05) is 77.4 Å². The summed E-state index contributed by atoms with van der Waals surface area (Å²) >= 11 is 0. The number of quaternary nitrogens is 1. The Morgan fingerprint density at radius 3 is 1.97 bits per heavy atom. The van der Waals surface area contributed by atoms with Crippen LogP contribution in [-0.2, 0) is 27.9 Å². The van der Waals surface area contributed by atoms with Gasteiger partial charge in [-0.3, -0.25) is 13.8 Å². The number of ether oxygens (including phenoxy) is 2. The van der Waals surface area contributed by atoms with Crippen LogP contribution in [0.4, 0.5) is 0 Å². The van der Waals surface area contributed by atoms with Crippen molar-refractivity contribution in [1.82, 2.24) is 0 Å². The molecule has 0 spiro atoms. The highest BCUT2D eigenvalue weighted by molar-refractivity contribution is 7.47. The normalized spacial score (nSPS) is 14.6. The van der Waals surface area contributed by atoms with Gasteiger partial charge in [0.25, 0.3) is 0 Å². The molecule has 8 nitrogen and oxygen atoms in total. The number of phosphoric ester groups is 1. The van der Waals surface area contributed by atoms with Crippen molar-refractivity contribution in [2.24, 2.45) is 0 Å². The van der Waals surface area contributed by atoms with E-state index >= 15 is 0 Å². The van der Waals surface area contributed by atoms with Gasteiger partial charge in [0, 0.05) is 13.0 Å². The highest BCUT2D eigenvalue weighted by Crippen LogP contribution is 2.43. The van der Waals surface area contributed by atoms with Gasteiger partial charge in [0.2, 0.25) is 0 Å². The summed E-state index contributed by atoms with van der Waals surface area (Å²) in [5, 5.41) is 0. The van der Waals surface area contributed by atoms with Crippen molar-refractivity contribution in [3.8, 4) is 0 Å². The van der Waals surface area contributed by atoms with Gasteiger partial charge >= 0.3 is 13.8 Å². The summed E-state index contributed by atoms with van der Waals surface area (Å²) in [7, 11) is 1.66. The van der Waals surface area contributed by atoms with E-state index in [1.165, 1.54) is 64.2 Å². The number of esters is 1. The van der Waals surface area contributed by atoms with Gasteiger partial charge in [-0.2, -0.15) is 0 Å². The maximum Gasteiger partial charge on any atom is 0.472 e. The van der Waals surface area contributed by atoms with Gasteiger partial charge in [-0.25, -0.2) is 4.57 Å². The summed E-state index contributed by atoms with van der Waals surface area (Å²) in [6.07, 6.45) is 20.5. The van der Waals surface area contributed by atoms with Crippen molar-refractivity contribution in [2.45, 2.75) is 116 Å². The molecule has 1 N–H and O–H groups in total. The fourth-order valence-electron chi connectivity index (χ4n) is 3.64. The van der Waals surface area contributed by atoms with Gasteiger partial charge in [0.15, 0.2) is 0 Å². The molecule has 0 aliphatic carbocycles. The average molecular weight is 565 g/mol. The average Bonchev–Trinajstić information content (AvgIpc) is 2.84. The van der Waals surface area contributed by atoms with Crippen molar-refractivity contribution in [3.63, 3.8) is 0 Å². The maximum absolute atomic E-state index is 12.2. The maximum atomic E-state index is 12.2. The van der Waals surface area contributed by atoms with E-state index in [1.807, 2.05) is 28.1 Å². The third-order valence-corrected chi connectivity index (χ3v) is 7.06. The molecule has 2 atom stereocenters. The summed E-state index contributed by atoms with van der Waals surface area (Å²) in [6, 6.07) is 0. The lowest BCUT2D eigenvalue weighted by Gasteiger charge is -2.24. The molecule has 0 heterocycles.